The third-order valence-electron chi connectivity index (χ3n) is 4.99. The van der Waals surface area contributed by atoms with Crippen molar-refractivity contribution in [1.82, 2.24) is 9.97 Å². The highest BCUT2D eigenvalue weighted by molar-refractivity contribution is 7.21. The molecule has 1 saturated heterocycles. The Morgan fingerprint density at radius 3 is 2.96 bits per heavy atom. The number of anilines is 2. The molecule has 3 heterocycles. The standard InChI is InChI=1S/C20H22N4OS/c1-13-7-8-16(11-14(13)2)22-18(25)15-5-4-10-24(12-15)20-23-17-6-3-9-21-19(17)26-20/h3,6-9,11,15H,4-5,10,12H2,1-2H3,(H,22,25). The predicted octanol–water partition coefficient (Wildman–Crippen LogP) is 4.16. The first-order valence-electron chi connectivity index (χ1n) is 8.95. The Morgan fingerprint density at radius 2 is 2.15 bits per heavy atom. The maximum atomic E-state index is 12.7. The fourth-order valence-corrected chi connectivity index (χ4v) is 4.27. The summed E-state index contributed by atoms with van der Waals surface area (Å²) in [5.74, 6) is 0.0718. The molecule has 1 aliphatic heterocycles. The molecule has 1 N–H and O–H groups in total. The molecular weight excluding hydrogens is 344 g/mol. The molecule has 134 valence electrons. The van der Waals surface area contributed by atoms with Gasteiger partial charge in [0.2, 0.25) is 5.91 Å². The van der Waals surface area contributed by atoms with Crippen LogP contribution in [0.4, 0.5) is 10.8 Å². The minimum Gasteiger partial charge on any atom is -0.347 e. The SMILES string of the molecule is Cc1ccc(NC(=O)C2CCCN(c3nc4cccnc4s3)C2)cc1C. The summed E-state index contributed by atoms with van der Waals surface area (Å²) in [6.45, 7) is 5.78. The molecule has 26 heavy (non-hydrogen) atoms. The van der Waals surface area contributed by atoms with Crippen molar-refractivity contribution in [2.24, 2.45) is 5.92 Å². The zero-order chi connectivity index (χ0) is 18.1. The molecule has 1 amide bonds. The van der Waals surface area contributed by atoms with Crippen LogP contribution < -0.4 is 10.2 Å². The minimum atomic E-state index is -0.0228. The van der Waals surface area contributed by atoms with Gasteiger partial charge in [-0.1, -0.05) is 17.4 Å². The van der Waals surface area contributed by atoms with Crippen molar-refractivity contribution >= 4 is 38.4 Å². The summed E-state index contributed by atoms with van der Waals surface area (Å²) in [5.41, 5.74) is 4.22. The van der Waals surface area contributed by atoms with E-state index < -0.39 is 0 Å². The summed E-state index contributed by atoms with van der Waals surface area (Å²) in [7, 11) is 0. The molecule has 4 rings (SSSR count). The number of carbonyl (C=O) groups is 1. The zero-order valence-corrected chi connectivity index (χ0v) is 15.8. The van der Waals surface area contributed by atoms with E-state index in [4.69, 9.17) is 0 Å². The summed E-state index contributed by atoms with van der Waals surface area (Å²) >= 11 is 1.60. The smallest absolute Gasteiger partial charge is 0.229 e. The van der Waals surface area contributed by atoms with Gasteiger partial charge in [0.15, 0.2) is 5.13 Å². The van der Waals surface area contributed by atoms with Crippen molar-refractivity contribution in [1.29, 1.82) is 0 Å². The molecule has 1 aliphatic rings. The molecule has 0 spiro atoms. The van der Waals surface area contributed by atoms with E-state index in [1.54, 1.807) is 17.5 Å². The van der Waals surface area contributed by atoms with E-state index >= 15 is 0 Å². The Labute approximate surface area is 157 Å². The first kappa shape index (κ1) is 17.0. The maximum absolute atomic E-state index is 12.7. The monoisotopic (exact) mass is 366 g/mol. The normalized spacial score (nSPS) is 17.5. The van der Waals surface area contributed by atoms with Gasteiger partial charge in [0.05, 0.1) is 5.92 Å². The lowest BCUT2D eigenvalue weighted by atomic mass is 9.97. The molecule has 5 nitrogen and oxygen atoms in total. The molecule has 1 atom stereocenters. The summed E-state index contributed by atoms with van der Waals surface area (Å²) in [6, 6.07) is 9.94. The number of rotatable bonds is 3. The lowest BCUT2D eigenvalue weighted by molar-refractivity contribution is -0.120. The Balaban J connectivity index is 1.47. The van der Waals surface area contributed by atoms with Crippen LogP contribution in [0.3, 0.4) is 0 Å². The van der Waals surface area contributed by atoms with Crippen LogP contribution in [-0.4, -0.2) is 29.0 Å². The highest BCUT2D eigenvalue weighted by Crippen LogP contribution is 2.30. The number of piperidine rings is 1. The second-order valence-corrected chi connectivity index (χ2v) is 7.85. The Kier molecular flexibility index (Phi) is 4.59. The topological polar surface area (TPSA) is 58.1 Å². The number of benzene rings is 1. The van der Waals surface area contributed by atoms with E-state index in [1.807, 2.05) is 30.3 Å². The number of nitrogens with one attached hydrogen (secondary N) is 1. The number of amides is 1. The van der Waals surface area contributed by atoms with Crippen molar-refractivity contribution < 1.29 is 4.79 Å². The zero-order valence-electron chi connectivity index (χ0n) is 15.0. The molecular formula is C20H22N4OS. The van der Waals surface area contributed by atoms with E-state index in [1.165, 1.54) is 11.1 Å². The molecule has 0 radical (unpaired) electrons. The van der Waals surface area contributed by atoms with Gasteiger partial charge in [0.25, 0.3) is 0 Å². The molecule has 1 fully saturated rings. The summed E-state index contributed by atoms with van der Waals surface area (Å²) in [5, 5.41) is 4.04. The third kappa shape index (κ3) is 3.42. The van der Waals surface area contributed by atoms with Crippen LogP contribution >= 0.6 is 11.3 Å². The number of thiazole rings is 1. The van der Waals surface area contributed by atoms with Crippen LogP contribution in [0.25, 0.3) is 10.3 Å². The van der Waals surface area contributed by atoms with Gasteiger partial charge in [0.1, 0.15) is 10.3 Å². The highest BCUT2D eigenvalue weighted by Gasteiger charge is 2.27. The highest BCUT2D eigenvalue weighted by atomic mass is 32.1. The number of nitrogens with zero attached hydrogens (tertiary/aromatic N) is 3. The average molecular weight is 366 g/mol. The summed E-state index contributed by atoms with van der Waals surface area (Å²) in [4.78, 5) is 25.0. The molecule has 3 aromatic rings. The van der Waals surface area contributed by atoms with Crippen LogP contribution in [0.15, 0.2) is 36.5 Å². The first-order chi connectivity index (χ1) is 12.6. The largest absolute Gasteiger partial charge is 0.347 e. The molecule has 2 aromatic heterocycles. The van der Waals surface area contributed by atoms with Crippen molar-refractivity contribution in [3.05, 3.63) is 47.7 Å². The molecule has 0 aliphatic carbocycles. The van der Waals surface area contributed by atoms with E-state index in [-0.39, 0.29) is 11.8 Å². The van der Waals surface area contributed by atoms with Crippen LogP contribution in [0, 0.1) is 19.8 Å². The number of hydrogen-bond donors (Lipinski definition) is 1. The van der Waals surface area contributed by atoms with E-state index in [0.29, 0.717) is 6.54 Å². The van der Waals surface area contributed by atoms with Gasteiger partial charge < -0.3 is 10.2 Å². The lowest BCUT2D eigenvalue weighted by Gasteiger charge is -2.31. The first-order valence-corrected chi connectivity index (χ1v) is 9.76. The minimum absolute atomic E-state index is 0.0228. The second kappa shape index (κ2) is 7.03. The van der Waals surface area contributed by atoms with Crippen molar-refractivity contribution in [2.75, 3.05) is 23.3 Å². The number of aromatic nitrogens is 2. The number of pyridine rings is 1. The van der Waals surface area contributed by atoms with Gasteiger partial charge >= 0.3 is 0 Å². The maximum Gasteiger partial charge on any atom is 0.229 e. The molecule has 0 bridgehead atoms. The van der Waals surface area contributed by atoms with Crippen LogP contribution in [0.5, 0.6) is 0 Å². The lowest BCUT2D eigenvalue weighted by Crippen LogP contribution is -2.40. The van der Waals surface area contributed by atoms with E-state index in [0.717, 1.165) is 40.6 Å². The number of aryl methyl sites for hydroxylation is 2. The Hall–Kier alpha value is -2.47. The van der Waals surface area contributed by atoms with Gasteiger partial charge in [-0.05, 0) is 62.1 Å². The fraction of sp³-hybridized carbons (Fsp3) is 0.350. The number of carbonyl (C=O) groups excluding carboxylic acids is 1. The van der Waals surface area contributed by atoms with Crippen LogP contribution in [0.2, 0.25) is 0 Å². The third-order valence-corrected chi connectivity index (χ3v) is 6.03. The van der Waals surface area contributed by atoms with Gasteiger partial charge in [-0.15, -0.1) is 0 Å². The summed E-state index contributed by atoms with van der Waals surface area (Å²) < 4.78 is 0. The van der Waals surface area contributed by atoms with Crippen molar-refractivity contribution in [3.8, 4) is 0 Å². The van der Waals surface area contributed by atoms with Gasteiger partial charge in [0, 0.05) is 25.0 Å². The number of fused-ring (bicyclic) bond motifs is 1. The van der Waals surface area contributed by atoms with Gasteiger partial charge in [-0.25, -0.2) is 9.97 Å². The Morgan fingerprint density at radius 1 is 1.27 bits per heavy atom. The van der Waals surface area contributed by atoms with Crippen LogP contribution in [0.1, 0.15) is 24.0 Å². The number of hydrogen-bond acceptors (Lipinski definition) is 5. The van der Waals surface area contributed by atoms with Gasteiger partial charge in [-0.2, -0.15) is 0 Å². The van der Waals surface area contributed by atoms with Crippen molar-refractivity contribution in [3.63, 3.8) is 0 Å². The average Bonchev–Trinajstić information content (AvgIpc) is 3.09. The molecule has 1 unspecified atom stereocenters. The molecule has 0 saturated carbocycles. The fourth-order valence-electron chi connectivity index (χ4n) is 3.32. The van der Waals surface area contributed by atoms with Crippen molar-refractivity contribution in [2.45, 2.75) is 26.7 Å². The Bertz CT molecular complexity index is 919. The van der Waals surface area contributed by atoms with E-state index in [2.05, 4.69) is 34.0 Å². The van der Waals surface area contributed by atoms with Crippen LogP contribution in [-0.2, 0) is 4.79 Å². The second-order valence-electron chi connectivity index (χ2n) is 6.90. The predicted molar refractivity (Wildman–Crippen MR) is 107 cm³/mol. The van der Waals surface area contributed by atoms with Gasteiger partial charge in [-0.3, -0.25) is 4.79 Å². The molecule has 1 aromatic carbocycles. The summed E-state index contributed by atoms with van der Waals surface area (Å²) in [6.07, 6.45) is 3.70. The van der Waals surface area contributed by atoms with E-state index in [9.17, 15) is 4.79 Å². The quantitative estimate of drug-likeness (QED) is 0.756. The molecule has 6 heteroatoms.